The Morgan fingerprint density at radius 1 is 1.42 bits per heavy atom. The molecular formula is C10H20N2. The number of rotatable bonds is 2. The van der Waals surface area contributed by atoms with Crippen molar-refractivity contribution in [2.24, 2.45) is 0 Å². The summed E-state index contributed by atoms with van der Waals surface area (Å²) in [6.45, 7) is 7.34. The maximum absolute atomic E-state index is 3.68. The Balaban J connectivity index is 1.85. The van der Waals surface area contributed by atoms with Gasteiger partial charge in [0.25, 0.3) is 0 Å². The molecule has 0 unspecified atom stereocenters. The number of hydrogen-bond acceptors (Lipinski definition) is 2. The van der Waals surface area contributed by atoms with Gasteiger partial charge in [0.1, 0.15) is 0 Å². The van der Waals surface area contributed by atoms with E-state index in [1.165, 1.54) is 51.9 Å². The van der Waals surface area contributed by atoms with Crippen LogP contribution in [0.2, 0.25) is 0 Å². The fourth-order valence-electron chi connectivity index (χ4n) is 2.49. The first-order valence-electron chi connectivity index (χ1n) is 5.32. The monoisotopic (exact) mass is 168 g/mol. The highest BCUT2D eigenvalue weighted by Crippen LogP contribution is 2.33. The van der Waals surface area contributed by atoms with Gasteiger partial charge in [-0.15, -0.1) is 0 Å². The fourth-order valence-corrected chi connectivity index (χ4v) is 2.49. The number of piperazine rings is 1. The van der Waals surface area contributed by atoms with Gasteiger partial charge in [-0.05, 0) is 32.2 Å². The van der Waals surface area contributed by atoms with E-state index in [0.29, 0.717) is 5.54 Å². The predicted molar refractivity (Wildman–Crippen MR) is 51.3 cm³/mol. The van der Waals surface area contributed by atoms with E-state index in [1.54, 1.807) is 0 Å². The van der Waals surface area contributed by atoms with Crippen molar-refractivity contribution in [1.82, 2.24) is 10.2 Å². The lowest BCUT2D eigenvalue weighted by molar-refractivity contribution is 0.0713. The molecule has 1 heterocycles. The van der Waals surface area contributed by atoms with Crippen LogP contribution in [0.15, 0.2) is 0 Å². The van der Waals surface area contributed by atoms with Crippen LogP contribution in [-0.4, -0.2) is 36.6 Å². The first-order chi connectivity index (χ1) is 5.85. The van der Waals surface area contributed by atoms with Crippen molar-refractivity contribution >= 4 is 0 Å². The molecule has 2 nitrogen and oxygen atoms in total. The van der Waals surface area contributed by atoms with Gasteiger partial charge >= 0.3 is 0 Å². The standard InChI is InChI=1S/C10H20N2/c1-2-7-12-8-6-11-10(9-12)4-3-5-10/h11H,2-9H2,1H3. The van der Waals surface area contributed by atoms with Gasteiger partial charge in [0.15, 0.2) is 0 Å². The molecule has 0 aromatic heterocycles. The number of nitrogens with zero attached hydrogens (tertiary/aromatic N) is 1. The summed E-state index contributed by atoms with van der Waals surface area (Å²) in [6, 6.07) is 0. The summed E-state index contributed by atoms with van der Waals surface area (Å²) < 4.78 is 0. The van der Waals surface area contributed by atoms with Crippen LogP contribution in [0.3, 0.4) is 0 Å². The van der Waals surface area contributed by atoms with Crippen LogP contribution in [0.5, 0.6) is 0 Å². The second-order valence-corrected chi connectivity index (χ2v) is 4.34. The van der Waals surface area contributed by atoms with Crippen LogP contribution in [-0.2, 0) is 0 Å². The van der Waals surface area contributed by atoms with Crippen LogP contribution in [0, 0.1) is 0 Å². The van der Waals surface area contributed by atoms with Crippen molar-refractivity contribution in [2.45, 2.75) is 38.1 Å². The highest BCUT2D eigenvalue weighted by Gasteiger charge is 2.39. The second kappa shape index (κ2) is 3.35. The van der Waals surface area contributed by atoms with E-state index in [2.05, 4.69) is 17.1 Å². The van der Waals surface area contributed by atoms with Gasteiger partial charge in [-0.2, -0.15) is 0 Å². The molecule has 2 fully saturated rings. The van der Waals surface area contributed by atoms with Gasteiger partial charge in [0.2, 0.25) is 0 Å². The molecule has 70 valence electrons. The molecule has 1 spiro atoms. The highest BCUT2D eigenvalue weighted by atomic mass is 15.2. The van der Waals surface area contributed by atoms with Crippen LogP contribution < -0.4 is 5.32 Å². The largest absolute Gasteiger partial charge is 0.309 e. The Hall–Kier alpha value is -0.0800. The summed E-state index contributed by atoms with van der Waals surface area (Å²) in [4.78, 5) is 2.62. The quantitative estimate of drug-likeness (QED) is 0.667. The SMILES string of the molecule is CCCN1CCNC2(CCC2)C1. The maximum atomic E-state index is 3.68. The van der Waals surface area contributed by atoms with E-state index in [4.69, 9.17) is 0 Å². The molecule has 0 aromatic rings. The smallest absolute Gasteiger partial charge is 0.0309 e. The molecule has 0 aromatic carbocycles. The third kappa shape index (κ3) is 1.50. The van der Waals surface area contributed by atoms with Crippen molar-refractivity contribution in [2.75, 3.05) is 26.2 Å². The van der Waals surface area contributed by atoms with Gasteiger partial charge < -0.3 is 10.2 Å². The first kappa shape index (κ1) is 8.52. The summed E-state index contributed by atoms with van der Waals surface area (Å²) in [5.41, 5.74) is 0.549. The van der Waals surface area contributed by atoms with E-state index in [1.807, 2.05) is 0 Å². The van der Waals surface area contributed by atoms with Crippen molar-refractivity contribution < 1.29 is 0 Å². The van der Waals surface area contributed by atoms with Crippen LogP contribution in [0.1, 0.15) is 32.6 Å². The first-order valence-corrected chi connectivity index (χ1v) is 5.32. The summed E-state index contributed by atoms with van der Waals surface area (Å²) in [5.74, 6) is 0. The van der Waals surface area contributed by atoms with E-state index in [9.17, 15) is 0 Å². The summed E-state index contributed by atoms with van der Waals surface area (Å²) in [7, 11) is 0. The van der Waals surface area contributed by atoms with Gasteiger partial charge in [-0.3, -0.25) is 0 Å². The molecule has 2 rings (SSSR count). The molecule has 1 aliphatic carbocycles. The van der Waals surface area contributed by atoms with Crippen LogP contribution >= 0.6 is 0 Å². The van der Waals surface area contributed by atoms with E-state index < -0.39 is 0 Å². The summed E-state index contributed by atoms with van der Waals surface area (Å²) in [6.07, 6.45) is 5.56. The third-order valence-electron chi connectivity index (χ3n) is 3.30. The minimum absolute atomic E-state index is 0.549. The zero-order chi connectivity index (χ0) is 8.44. The molecular weight excluding hydrogens is 148 g/mol. The Morgan fingerprint density at radius 2 is 2.25 bits per heavy atom. The lowest BCUT2D eigenvalue weighted by Gasteiger charge is -2.49. The topological polar surface area (TPSA) is 15.3 Å². The predicted octanol–water partition coefficient (Wildman–Crippen LogP) is 1.22. The van der Waals surface area contributed by atoms with Gasteiger partial charge in [-0.1, -0.05) is 6.92 Å². The molecule has 2 aliphatic rings. The van der Waals surface area contributed by atoms with Crippen molar-refractivity contribution in [1.29, 1.82) is 0 Å². The molecule has 1 saturated carbocycles. The van der Waals surface area contributed by atoms with E-state index in [0.717, 1.165) is 0 Å². The third-order valence-corrected chi connectivity index (χ3v) is 3.30. The molecule has 12 heavy (non-hydrogen) atoms. The number of hydrogen-bond donors (Lipinski definition) is 1. The maximum Gasteiger partial charge on any atom is 0.0309 e. The Bertz CT molecular complexity index is 150. The van der Waals surface area contributed by atoms with Gasteiger partial charge in [0.05, 0.1) is 0 Å². The minimum atomic E-state index is 0.549. The van der Waals surface area contributed by atoms with Crippen molar-refractivity contribution in [3.63, 3.8) is 0 Å². The zero-order valence-corrected chi connectivity index (χ0v) is 8.10. The molecule has 1 saturated heterocycles. The molecule has 0 amide bonds. The molecule has 0 bridgehead atoms. The average Bonchev–Trinajstić information content (AvgIpc) is 2.03. The van der Waals surface area contributed by atoms with Crippen molar-refractivity contribution in [3.8, 4) is 0 Å². The minimum Gasteiger partial charge on any atom is -0.309 e. The van der Waals surface area contributed by atoms with Crippen LogP contribution in [0.25, 0.3) is 0 Å². The average molecular weight is 168 g/mol. The van der Waals surface area contributed by atoms with E-state index >= 15 is 0 Å². The normalized spacial score (nSPS) is 28.8. The lowest BCUT2D eigenvalue weighted by Crippen LogP contribution is -2.63. The molecule has 1 aliphatic heterocycles. The Kier molecular flexibility index (Phi) is 2.37. The molecule has 0 radical (unpaired) electrons. The summed E-state index contributed by atoms with van der Waals surface area (Å²) >= 11 is 0. The van der Waals surface area contributed by atoms with Crippen molar-refractivity contribution in [3.05, 3.63) is 0 Å². The lowest BCUT2D eigenvalue weighted by atomic mass is 9.75. The highest BCUT2D eigenvalue weighted by molar-refractivity contribution is 5.00. The Labute approximate surface area is 75.3 Å². The van der Waals surface area contributed by atoms with Gasteiger partial charge in [0, 0.05) is 25.2 Å². The second-order valence-electron chi connectivity index (χ2n) is 4.34. The Morgan fingerprint density at radius 3 is 2.83 bits per heavy atom. The summed E-state index contributed by atoms with van der Waals surface area (Å²) in [5, 5.41) is 3.68. The molecule has 1 N–H and O–H groups in total. The fraction of sp³-hybridized carbons (Fsp3) is 1.00. The van der Waals surface area contributed by atoms with Gasteiger partial charge in [-0.25, -0.2) is 0 Å². The zero-order valence-electron chi connectivity index (χ0n) is 8.10. The van der Waals surface area contributed by atoms with E-state index in [-0.39, 0.29) is 0 Å². The molecule has 2 heteroatoms. The van der Waals surface area contributed by atoms with Crippen LogP contribution in [0.4, 0.5) is 0 Å². The number of nitrogens with one attached hydrogen (secondary N) is 1. The molecule has 0 atom stereocenters.